The molecule has 0 saturated carbocycles. The fourth-order valence-corrected chi connectivity index (χ4v) is 2.07. The molecule has 1 rings (SSSR count). The molecule has 0 spiro atoms. The van der Waals surface area contributed by atoms with E-state index in [-0.39, 0.29) is 0 Å². The van der Waals surface area contributed by atoms with Crippen molar-refractivity contribution in [1.29, 1.82) is 0 Å². The number of rotatable bonds is 4. The fourth-order valence-electron chi connectivity index (χ4n) is 1.23. The van der Waals surface area contributed by atoms with Gasteiger partial charge in [-0.15, -0.1) is 11.8 Å². The van der Waals surface area contributed by atoms with Gasteiger partial charge in [0, 0.05) is 17.0 Å². The molecular formula is C10H15NOS. The van der Waals surface area contributed by atoms with Gasteiger partial charge in [-0.25, -0.2) is 0 Å². The van der Waals surface area contributed by atoms with Gasteiger partial charge < -0.3 is 10.5 Å². The Morgan fingerprint density at radius 3 is 2.77 bits per heavy atom. The van der Waals surface area contributed by atoms with Crippen LogP contribution in [0.2, 0.25) is 0 Å². The van der Waals surface area contributed by atoms with Crippen LogP contribution in [0.4, 0.5) is 0 Å². The molecule has 1 aromatic carbocycles. The Morgan fingerprint density at radius 1 is 1.46 bits per heavy atom. The van der Waals surface area contributed by atoms with Crippen LogP contribution in [0.5, 0.6) is 5.75 Å². The average Bonchev–Trinajstić information content (AvgIpc) is 2.18. The zero-order valence-electron chi connectivity index (χ0n) is 8.04. The molecule has 0 amide bonds. The molecular weight excluding hydrogens is 182 g/mol. The first-order valence-corrected chi connectivity index (χ1v) is 5.30. The highest BCUT2D eigenvalue weighted by Crippen LogP contribution is 2.29. The molecule has 3 heteroatoms. The molecule has 0 aromatic heterocycles. The Hall–Kier alpha value is -0.670. The summed E-state index contributed by atoms with van der Waals surface area (Å²) in [5, 5.41) is 0. The van der Waals surface area contributed by atoms with Crippen LogP contribution < -0.4 is 10.5 Å². The summed E-state index contributed by atoms with van der Waals surface area (Å²) in [4.78, 5) is 1.23. The Morgan fingerprint density at radius 2 is 2.23 bits per heavy atom. The molecule has 0 bridgehead atoms. The molecule has 0 aliphatic heterocycles. The minimum absolute atomic E-state index is 0.534. The van der Waals surface area contributed by atoms with E-state index >= 15 is 0 Å². The van der Waals surface area contributed by atoms with Gasteiger partial charge in [0.2, 0.25) is 0 Å². The maximum atomic E-state index is 5.66. The van der Waals surface area contributed by atoms with Crippen molar-refractivity contribution >= 4 is 11.8 Å². The first-order chi connectivity index (χ1) is 6.33. The number of methoxy groups -OCH3 is 1. The Kier molecular flexibility index (Phi) is 4.12. The molecule has 0 radical (unpaired) electrons. The normalized spacial score (nSPS) is 10.1. The molecule has 0 saturated heterocycles. The standard InChI is InChI=1S/C10H15NOS/c1-3-13-10-6-4-5-9(12-2)8(10)7-11/h4-6H,3,7,11H2,1-2H3. The molecule has 13 heavy (non-hydrogen) atoms. The van der Waals surface area contributed by atoms with E-state index in [9.17, 15) is 0 Å². The number of nitrogens with two attached hydrogens (primary N) is 1. The van der Waals surface area contributed by atoms with Crippen LogP contribution in [0, 0.1) is 0 Å². The molecule has 0 unspecified atom stereocenters. The number of hydrogen-bond acceptors (Lipinski definition) is 3. The molecule has 0 aliphatic rings. The van der Waals surface area contributed by atoms with Gasteiger partial charge in [0.25, 0.3) is 0 Å². The molecule has 0 aliphatic carbocycles. The van der Waals surface area contributed by atoms with E-state index in [2.05, 4.69) is 13.0 Å². The van der Waals surface area contributed by atoms with Crippen molar-refractivity contribution < 1.29 is 4.74 Å². The summed E-state index contributed by atoms with van der Waals surface area (Å²) in [6.45, 7) is 2.66. The van der Waals surface area contributed by atoms with Crippen LogP contribution in [0.3, 0.4) is 0 Å². The van der Waals surface area contributed by atoms with Crippen molar-refractivity contribution in [3.63, 3.8) is 0 Å². The van der Waals surface area contributed by atoms with E-state index in [0.717, 1.165) is 17.1 Å². The van der Waals surface area contributed by atoms with E-state index in [1.165, 1.54) is 4.90 Å². The van der Waals surface area contributed by atoms with Gasteiger partial charge in [-0.1, -0.05) is 13.0 Å². The fraction of sp³-hybridized carbons (Fsp3) is 0.400. The van der Waals surface area contributed by atoms with Crippen molar-refractivity contribution in [1.82, 2.24) is 0 Å². The van der Waals surface area contributed by atoms with Crippen molar-refractivity contribution in [2.45, 2.75) is 18.4 Å². The van der Waals surface area contributed by atoms with Crippen molar-refractivity contribution in [2.24, 2.45) is 5.73 Å². The quantitative estimate of drug-likeness (QED) is 0.752. The van der Waals surface area contributed by atoms with Gasteiger partial charge in [0.05, 0.1) is 7.11 Å². The third-order valence-corrected chi connectivity index (χ3v) is 2.80. The first kappa shape index (κ1) is 10.4. The monoisotopic (exact) mass is 197 g/mol. The molecule has 0 heterocycles. The molecule has 72 valence electrons. The van der Waals surface area contributed by atoms with E-state index in [1.807, 2.05) is 12.1 Å². The van der Waals surface area contributed by atoms with Crippen LogP contribution in [-0.4, -0.2) is 12.9 Å². The molecule has 2 nitrogen and oxygen atoms in total. The van der Waals surface area contributed by atoms with Crippen LogP contribution in [0.15, 0.2) is 23.1 Å². The smallest absolute Gasteiger partial charge is 0.124 e. The Balaban J connectivity index is 3.03. The predicted molar refractivity (Wildman–Crippen MR) is 57.3 cm³/mol. The highest BCUT2D eigenvalue weighted by molar-refractivity contribution is 7.99. The van der Waals surface area contributed by atoms with Gasteiger partial charge in [0.1, 0.15) is 5.75 Å². The lowest BCUT2D eigenvalue weighted by Gasteiger charge is -2.10. The zero-order valence-corrected chi connectivity index (χ0v) is 8.86. The summed E-state index contributed by atoms with van der Waals surface area (Å²) in [6, 6.07) is 6.02. The van der Waals surface area contributed by atoms with E-state index in [0.29, 0.717) is 6.54 Å². The second kappa shape index (κ2) is 5.14. The Bertz CT molecular complexity index is 276. The number of ether oxygens (including phenoxy) is 1. The first-order valence-electron chi connectivity index (χ1n) is 4.32. The van der Waals surface area contributed by atoms with Crippen molar-refractivity contribution in [3.8, 4) is 5.75 Å². The summed E-state index contributed by atoms with van der Waals surface area (Å²) in [5.74, 6) is 1.95. The lowest BCUT2D eigenvalue weighted by atomic mass is 10.2. The SMILES string of the molecule is CCSc1cccc(OC)c1CN. The highest BCUT2D eigenvalue weighted by Gasteiger charge is 2.06. The van der Waals surface area contributed by atoms with Crippen molar-refractivity contribution in [2.75, 3.05) is 12.9 Å². The Labute approximate surface area is 83.5 Å². The van der Waals surface area contributed by atoms with Gasteiger partial charge in [-0.05, 0) is 17.9 Å². The van der Waals surface area contributed by atoms with Crippen LogP contribution in [0.1, 0.15) is 12.5 Å². The summed E-state index contributed by atoms with van der Waals surface area (Å²) in [7, 11) is 1.68. The molecule has 1 aromatic rings. The minimum atomic E-state index is 0.534. The maximum Gasteiger partial charge on any atom is 0.124 e. The van der Waals surface area contributed by atoms with Crippen LogP contribution in [0.25, 0.3) is 0 Å². The van der Waals surface area contributed by atoms with Gasteiger partial charge in [0.15, 0.2) is 0 Å². The van der Waals surface area contributed by atoms with E-state index in [4.69, 9.17) is 10.5 Å². The highest BCUT2D eigenvalue weighted by atomic mass is 32.2. The summed E-state index contributed by atoms with van der Waals surface area (Å²) in [6.07, 6.45) is 0. The van der Waals surface area contributed by atoms with E-state index < -0.39 is 0 Å². The molecule has 0 atom stereocenters. The van der Waals surface area contributed by atoms with Gasteiger partial charge >= 0.3 is 0 Å². The second-order valence-electron chi connectivity index (χ2n) is 2.57. The largest absolute Gasteiger partial charge is 0.496 e. The lowest BCUT2D eigenvalue weighted by Crippen LogP contribution is -2.01. The zero-order chi connectivity index (χ0) is 9.68. The summed E-state index contributed by atoms with van der Waals surface area (Å²) >= 11 is 1.80. The third-order valence-electron chi connectivity index (χ3n) is 1.81. The second-order valence-corrected chi connectivity index (χ2v) is 3.88. The minimum Gasteiger partial charge on any atom is -0.496 e. The summed E-state index contributed by atoms with van der Waals surface area (Å²) in [5.41, 5.74) is 6.77. The average molecular weight is 197 g/mol. The summed E-state index contributed by atoms with van der Waals surface area (Å²) < 4.78 is 5.23. The van der Waals surface area contributed by atoms with Gasteiger partial charge in [-0.2, -0.15) is 0 Å². The predicted octanol–water partition coefficient (Wildman–Crippen LogP) is 2.27. The van der Waals surface area contributed by atoms with Crippen LogP contribution in [-0.2, 0) is 6.54 Å². The number of benzene rings is 1. The molecule has 2 N–H and O–H groups in total. The lowest BCUT2D eigenvalue weighted by molar-refractivity contribution is 0.408. The molecule has 0 fully saturated rings. The number of hydrogen-bond donors (Lipinski definition) is 1. The van der Waals surface area contributed by atoms with Gasteiger partial charge in [-0.3, -0.25) is 0 Å². The van der Waals surface area contributed by atoms with Crippen molar-refractivity contribution in [3.05, 3.63) is 23.8 Å². The van der Waals surface area contributed by atoms with Crippen LogP contribution >= 0.6 is 11.8 Å². The third kappa shape index (κ3) is 2.39. The maximum absolute atomic E-state index is 5.66. The topological polar surface area (TPSA) is 35.2 Å². The number of thioether (sulfide) groups is 1. The van der Waals surface area contributed by atoms with E-state index in [1.54, 1.807) is 18.9 Å².